The van der Waals surface area contributed by atoms with Crippen molar-refractivity contribution in [2.75, 3.05) is 17.6 Å². The van der Waals surface area contributed by atoms with Gasteiger partial charge in [-0.2, -0.15) is 0 Å². The second-order valence-corrected chi connectivity index (χ2v) is 6.34. The highest BCUT2D eigenvalue weighted by Gasteiger charge is 2.25. The topological polar surface area (TPSA) is 58.4 Å². The van der Waals surface area contributed by atoms with Crippen LogP contribution in [0.4, 0.5) is 16.2 Å². The Kier molecular flexibility index (Phi) is 3.84. The van der Waals surface area contributed by atoms with Gasteiger partial charge in [0.2, 0.25) is 0 Å². The number of carbonyl (C=O) groups is 1. The molecular weight excluding hydrogens is 282 g/mol. The molecule has 110 valence electrons. The summed E-state index contributed by atoms with van der Waals surface area (Å²) in [7, 11) is 0. The van der Waals surface area contributed by atoms with Crippen LogP contribution in [0.2, 0.25) is 0 Å². The number of benzene rings is 1. The van der Waals surface area contributed by atoms with Crippen LogP contribution < -0.4 is 11.1 Å². The summed E-state index contributed by atoms with van der Waals surface area (Å²) in [6.45, 7) is 2.90. The molecule has 1 atom stereocenters. The Morgan fingerprint density at radius 1 is 1.43 bits per heavy atom. The highest BCUT2D eigenvalue weighted by atomic mass is 32.1. The van der Waals surface area contributed by atoms with Crippen molar-refractivity contribution in [1.29, 1.82) is 0 Å². The summed E-state index contributed by atoms with van der Waals surface area (Å²) in [6, 6.07) is 10.1. The molecule has 21 heavy (non-hydrogen) atoms. The summed E-state index contributed by atoms with van der Waals surface area (Å²) in [5.41, 5.74) is 8.35. The quantitative estimate of drug-likeness (QED) is 0.823. The lowest BCUT2D eigenvalue weighted by molar-refractivity contribution is 0.210. The maximum absolute atomic E-state index is 12.3. The van der Waals surface area contributed by atoms with Crippen LogP contribution in [0.5, 0.6) is 0 Å². The molecule has 4 nitrogen and oxygen atoms in total. The van der Waals surface area contributed by atoms with Gasteiger partial charge in [-0.25, -0.2) is 4.79 Å². The third-order valence-electron chi connectivity index (χ3n) is 3.91. The number of amides is 2. The Labute approximate surface area is 128 Å². The Bertz CT molecular complexity index is 639. The van der Waals surface area contributed by atoms with Crippen LogP contribution in [0.25, 0.3) is 10.4 Å². The Balaban J connectivity index is 1.81. The van der Waals surface area contributed by atoms with E-state index < -0.39 is 0 Å². The molecule has 3 rings (SSSR count). The molecule has 0 radical (unpaired) electrons. The number of rotatable bonds is 2. The first-order valence-electron chi connectivity index (χ1n) is 7.16. The van der Waals surface area contributed by atoms with Crippen LogP contribution in [0.1, 0.15) is 19.8 Å². The van der Waals surface area contributed by atoms with E-state index in [1.807, 2.05) is 34.5 Å². The molecule has 5 heteroatoms. The predicted octanol–water partition coefficient (Wildman–Crippen LogP) is 4.01. The zero-order chi connectivity index (χ0) is 14.8. The minimum absolute atomic E-state index is 0.0602. The molecule has 1 aliphatic rings. The molecule has 0 aliphatic carbocycles. The Morgan fingerprint density at radius 3 is 2.95 bits per heavy atom. The standard InChI is InChI=1S/C16H19N3OS/c1-11-4-2-8-19(11)16(20)18-14-10-12(6-7-13(14)17)15-5-3-9-21-15/h3,5-7,9-11H,2,4,8,17H2,1H3,(H,18,20)/t11-/m0/s1. The first-order chi connectivity index (χ1) is 10.1. The van der Waals surface area contributed by atoms with Crippen molar-refractivity contribution in [3.8, 4) is 10.4 Å². The smallest absolute Gasteiger partial charge is 0.322 e. The highest BCUT2D eigenvalue weighted by Crippen LogP contribution is 2.30. The number of likely N-dealkylation sites (tertiary alicyclic amines) is 1. The number of thiophene rings is 1. The number of anilines is 2. The maximum Gasteiger partial charge on any atom is 0.322 e. The highest BCUT2D eigenvalue weighted by molar-refractivity contribution is 7.13. The molecule has 0 saturated carbocycles. The number of nitrogens with one attached hydrogen (secondary N) is 1. The van der Waals surface area contributed by atoms with Gasteiger partial charge in [0, 0.05) is 17.5 Å². The number of hydrogen-bond acceptors (Lipinski definition) is 3. The van der Waals surface area contributed by atoms with E-state index >= 15 is 0 Å². The first-order valence-corrected chi connectivity index (χ1v) is 8.04. The molecule has 0 unspecified atom stereocenters. The van der Waals surface area contributed by atoms with E-state index in [0.29, 0.717) is 17.4 Å². The van der Waals surface area contributed by atoms with Crippen molar-refractivity contribution < 1.29 is 4.79 Å². The summed E-state index contributed by atoms with van der Waals surface area (Å²) < 4.78 is 0. The first kappa shape index (κ1) is 13.9. The lowest BCUT2D eigenvalue weighted by Crippen LogP contribution is -2.37. The zero-order valence-corrected chi connectivity index (χ0v) is 12.8. The van der Waals surface area contributed by atoms with Gasteiger partial charge in [0.25, 0.3) is 0 Å². The largest absolute Gasteiger partial charge is 0.397 e. The molecule has 3 N–H and O–H groups in total. The molecule has 1 aromatic carbocycles. The number of hydrogen-bond donors (Lipinski definition) is 2. The van der Waals surface area contributed by atoms with Crippen molar-refractivity contribution >= 4 is 28.7 Å². The van der Waals surface area contributed by atoms with Gasteiger partial charge >= 0.3 is 6.03 Å². The second kappa shape index (κ2) is 5.77. The van der Waals surface area contributed by atoms with E-state index in [9.17, 15) is 4.79 Å². The fraction of sp³-hybridized carbons (Fsp3) is 0.312. The minimum atomic E-state index is -0.0602. The Hall–Kier alpha value is -2.01. The molecule has 2 aromatic rings. The van der Waals surface area contributed by atoms with Crippen molar-refractivity contribution in [2.45, 2.75) is 25.8 Å². The lowest BCUT2D eigenvalue weighted by Gasteiger charge is -2.22. The molecule has 1 aromatic heterocycles. The average Bonchev–Trinajstić information content (AvgIpc) is 3.12. The minimum Gasteiger partial charge on any atom is -0.397 e. The SMILES string of the molecule is C[C@H]1CCCN1C(=O)Nc1cc(-c2cccs2)ccc1N. The number of nitrogen functional groups attached to an aromatic ring is 1. The summed E-state index contributed by atoms with van der Waals surface area (Å²) >= 11 is 1.67. The van der Waals surface area contributed by atoms with Crippen LogP contribution >= 0.6 is 11.3 Å². The summed E-state index contributed by atoms with van der Waals surface area (Å²) in [4.78, 5) is 15.4. The van der Waals surface area contributed by atoms with Gasteiger partial charge in [-0.3, -0.25) is 0 Å². The van der Waals surface area contributed by atoms with E-state index in [1.165, 1.54) is 4.88 Å². The van der Waals surface area contributed by atoms with Crippen molar-refractivity contribution in [2.24, 2.45) is 0 Å². The van der Waals surface area contributed by atoms with E-state index in [1.54, 1.807) is 11.3 Å². The molecule has 2 amide bonds. The van der Waals surface area contributed by atoms with Crippen LogP contribution in [0, 0.1) is 0 Å². The molecule has 0 bridgehead atoms. The van der Waals surface area contributed by atoms with E-state index in [0.717, 1.165) is 24.9 Å². The lowest BCUT2D eigenvalue weighted by atomic mass is 10.1. The van der Waals surface area contributed by atoms with Gasteiger partial charge in [-0.05, 0) is 48.9 Å². The van der Waals surface area contributed by atoms with Crippen molar-refractivity contribution in [3.63, 3.8) is 0 Å². The number of nitrogens with zero attached hydrogens (tertiary/aromatic N) is 1. The molecule has 1 aliphatic heterocycles. The third kappa shape index (κ3) is 2.88. The van der Waals surface area contributed by atoms with Crippen molar-refractivity contribution in [1.82, 2.24) is 4.90 Å². The van der Waals surface area contributed by atoms with E-state index in [4.69, 9.17) is 5.73 Å². The molecular formula is C16H19N3OS. The van der Waals surface area contributed by atoms with Crippen LogP contribution in [0.15, 0.2) is 35.7 Å². The fourth-order valence-corrected chi connectivity index (χ4v) is 3.41. The molecule has 1 saturated heterocycles. The van der Waals surface area contributed by atoms with Gasteiger partial charge in [0.1, 0.15) is 0 Å². The predicted molar refractivity (Wildman–Crippen MR) is 88.6 cm³/mol. The summed E-state index contributed by atoms with van der Waals surface area (Å²) in [6.07, 6.45) is 2.14. The van der Waals surface area contributed by atoms with Crippen LogP contribution in [-0.4, -0.2) is 23.5 Å². The van der Waals surface area contributed by atoms with Crippen molar-refractivity contribution in [3.05, 3.63) is 35.7 Å². The second-order valence-electron chi connectivity index (χ2n) is 5.39. The van der Waals surface area contributed by atoms with Crippen LogP contribution in [-0.2, 0) is 0 Å². The van der Waals surface area contributed by atoms with Gasteiger partial charge in [-0.15, -0.1) is 11.3 Å². The Morgan fingerprint density at radius 2 is 2.29 bits per heavy atom. The summed E-state index contributed by atoms with van der Waals surface area (Å²) in [5, 5.41) is 4.99. The van der Waals surface area contributed by atoms with Gasteiger partial charge < -0.3 is 16.0 Å². The van der Waals surface area contributed by atoms with Gasteiger partial charge in [-0.1, -0.05) is 12.1 Å². The normalized spacial score (nSPS) is 18.0. The molecule has 1 fully saturated rings. The van der Waals surface area contributed by atoms with Gasteiger partial charge in [0.15, 0.2) is 0 Å². The van der Waals surface area contributed by atoms with Crippen LogP contribution in [0.3, 0.4) is 0 Å². The summed E-state index contributed by atoms with van der Waals surface area (Å²) in [5.74, 6) is 0. The molecule has 2 heterocycles. The average molecular weight is 301 g/mol. The molecule has 0 spiro atoms. The fourth-order valence-electron chi connectivity index (χ4n) is 2.68. The number of carbonyl (C=O) groups excluding carboxylic acids is 1. The van der Waals surface area contributed by atoms with E-state index in [-0.39, 0.29) is 6.03 Å². The van der Waals surface area contributed by atoms with E-state index in [2.05, 4.69) is 18.3 Å². The third-order valence-corrected chi connectivity index (χ3v) is 4.83. The monoisotopic (exact) mass is 301 g/mol. The zero-order valence-electron chi connectivity index (χ0n) is 12.0. The maximum atomic E-state index is 12.3. The van der Waals surface area contributed by atoms with Gasteiger partial charge in [0.05, 0.1) is 11.4 Å². The number of nitrogens with two attached hydrogens (primary N) is 1. The number of urea groups is 1.